The molecule has 2 heteroatoms. The number of unbranched alkanes of at least 4 members (excludes halogenated alkanes) is 1. The van der Waals surface area contributed by atoms with Crippen molar-refractivity contribution in [1.82, 2.24) is 0 Å². The van der Waals surface area contributed by atoms with Crippen LogP contribution in [-0.2, 0) is 0 Å². The van der Waals surface area contributed by atoms with E-state index in [4.69, 9.17) is 4.99 Å². The van der Waals surface area contributed by atoms with Crippen LogP contribution in [0.4, 0.5) is 5.69 Å². The van der Waals surface area contributed by atoms with Gasteiger partial charge in [-0.05, 0) is 36.8 Å². The van der Waals surface area contributed by atoms with Crippen molar-refractivity contribution in [2.24, 2.45) is 4.99 Å². The molecule has 4 rings (SSSR count). The third-order valence-corrected chi connectivity index (χ3v) is 5.59. The molecule has 0 amide bonds. The Morgan fingerprint density at radius 2 is 1.38 bits per heavy atom. The maximum atomic E-state index is 4.94. The van der Waals surface area contributed by atoms with Crippen molar-refractivity contribution in [3.8, 4) is 22.3 Å². The second-order valence-corrected chi connectivity index (χ2v) is 7.78. The van der Waals surface area contributed by atoms with Crippen LogP contribution in [0.3, 0.4) is 0 Å². The van der Waals surface area contributed by atoms with Crippen LogP contribution < -0.4 is 5.32 Å². The number of nitrogens with zero attached hydrogens (tertiary/aromatic N) is 1. The number of allylic oxidation sites excluding steroid dienone is 2. The number of nitrogens with one attached hydrogen (secondary N) is 1. The summed E-state index contributed by atoms with van der Waals surface area (Å²) in [6.07, 6.45) is 7.98. The summed E-state index contributed by atoms with van der Waals surface area (Å²) in [6, 6.07) is 27.8. The van der Waals surface area contributed by atoms with Crippen LogP contribution in [0.5, 0.6) is 0 Å². The fourth-order valence-electron chi connectivity index (χ4n) is 3.97. The highest BCUT2D eigenvalue weighted by molar-refractivity contribution is 6.05. The average Bonchev–Trinajstić information content (AvgIpc) is 2.87. The van der Waals surface area contributed by atoms with Crippen molar-refractivity contribution in [2.45, 2.75) is 52.9 Å². The first kappa shape index (κ1) is 23.5. The summed E-state index contributed by atoms with van der Waals surface area (Å²) in [5.41, 5.74) is 8.44. The van der Waals surface area contributed by atoms with Gasteiger partial charge in [-0.1, -0.05) is 112 Å². The van der Waals surface area contributed by atoms with E-state index in [0.717, 1.165) is 31.5 Å². The highest BCUT2D eigenvalue weighted by Crippen LogP contribution is 2.38. The highest BCUT2D eigenvalue weighted by atomic mass is 14.9. The topological polar surface area (TPSA) is 24.4 Å². The Morgan fingerprint density at radius 3 is 1.94 bits per heavy atom. The van der Waals surface area contributed by atoms with Gasteiger partial charge in [0.2, 0.25) is 0 Å². The SMILES string of the molecule is CC.CCCCN=C1CCCC=C1Nc1c(-c2ccccc2)cccc1-c1ccccc1. The molecular weight excluding hydrogens is 388 g/mol. The van der Waals surface area contributed by atoms with Gasteiger partial charge in [-0.2, -0.15) is 0 Å². The molecule has 1 aliphatic carbocycles. The van der Waals surface area contributed by atoms with E-state index in [0.29, 0.717) is 0 Å². The van der Waals surface area contributed by atoms with E-state index >= 15 is 0 Å². The summed E-state index contributed by atoms with van der Waals surface area (Å²) < 4.78 is 0. The highest BCUT2D eigenvalue weighted by Gasteiger charge is 2.17. The normalized spacial score (nSPS) is 14.3. The van der Waals surface area contributed by atoms with E-state index < -0.39 is 0 Å². The van der Waals surface area contributed by atoms with Crippen molar-refractivity contribution in [1.29, 1.82) is 0 Å². The van der Waals surface area contributed by atoms with Gasteiger partial charge in [-0.3, -0.25) is 4.99 Å². The van der Waals surface area contributed by atoms with Crippen molar-refractivity contribution in [3.63, 3.8) is 0 Å². The van der Waals surface area contributed by atoms with Gasteiger partial charge in [0.05, 0.1) is 17.1 Å². The molecule has 0 saturated heterocycles. The molecule has 3 aromatic carbocycles. The van der Waals surface area contributed by atoms with Gasteiger partial charge < -0.3 is 5.32 Å². The Kier molecular flexibility index (Phi) is 9.31. The third-order valence-electron chi connectivity index (χ3n) is 5.59. The first-order chi connectivity index (χ1) is 15.9. The predicted octanol–water partition coefficient (Wildman–Crippen LogP) is 8.77. The molecule has 0 spiro atoms. The molecular formula is C30H36N2. The Labute approximate surface area is 194 Å². The molecule has 0 saturated carbocycles. The molecule has 32 heavy (non-hydrogen) atoms. The van der Waals surface area contributed by atoms with Crippen molar-refractivity contribution < 1.29 is 0 Å². The standard InChI is InChI=1S/C28H30N2.C2H6/c1-2-3-21-29-26-19-10-11-20-27(26)30-28-24(22-13-6-4-7-14-22)17-12-18-25(28)23-15-8-5-9-16-23;1-2/h4-9,12-18,20,30H,2-3,10-11,19,21H2,1H3;1-2H3. The van der Waals surface area contributed by atoms with Gasteiger partial charge in [0.15, 0.2) is 0 Å². The second-order valence-electron chi connectivity index (χ2n) is 7.78. The largest absolute Gasteiger partial charge is 0.353 e. The van der Waals surface area contributed by atoms with E-state index in [1.165, 1.54) is 46.5 Å². The monoisotopic (exact) mass is 424 g/mol. The summed E-state index contributed by atoms with van der Waals surface area (Å²) in [6.45, 7) is 7.13. The van der Waals surface area contributed by atoms with Crippen molar-refractivity contribution in [3.05, 3.63) is 90.6 Å². The van der Waals surface area contributed by atoms with Gasteiger partial charge in [-0.15, -0.1) is 0 Å². The molecule has 2 nitrogen and oxygen atoms in total. The minimum absolute atomic E-state index is 0.913. The first-order valence-corrected chi connectivity index (χ1v) is 12.1. The van der Waals surface area contributed by atoms with E-state index in [-0.39, 0.29) is 0 Å². The lowest BCUT2D eigenvalue weighted by Gasteiger charge is -2.22. The molecule has 0 fully saturated rings. The summed E-state index contributed by atoms with van der Waals surface area (Å²) in [5, 5.41) is 3.82. The molecule has 3 aromatic rings. The second kappa shape index (κ2) is 12.7. The molecule has 166 valence electrons. The van der Waals surface area contributed by atoms with Gasteiger partial charge in [0.25, 0.3) is 0 Å². The molecule has 1 aliphatic rings. The van der Waals surface area contributed by atoms with Crippen LogP contribution in [-0.4, -0.2) is 12.3 Å². The fourth-order valence-corrected chi connectivity index (χ4v) is 3.97. The van der Waals surface area contributed by atoms with Crippen LogP contribution in [0.1, 0.15) is 52.9 Å². The number of hydrogen-bond acceptors (Lipinski definition) is 2. The third kappa shape index (κ3) is 5.97. The number of anilines is 1. The Hall–Kier alpha value is -3.13. The first-order valence-electron chi connectivity index (χ1n) is 12.1. The van der Waals surface area contributed by atoms with Crippen LogP contribution in [0.15, 0.2) is 95.6 Å². The van der Waals surface area contributed by atoms with Crippen LogP contribution >= 0.6 is 0 Å². The molecule has 0 bridgehead atoms. The average molecular weight is 425 g/mol. The number of hydrogen-bond donors (Lipinski definition) is 1. The van der Waals surface area contributed by atoms with Crippen LogP contribution in [0.2, 0.25) is 0 Å². The van der Waals surface area contributed by atoms with E-state index in [1.807, 2.05) is 13.8 Å². The Morgan fingerprint density at radius 1 is 0.781 bits per heavy atom. The number of aliphatic imine (C=N–C) groups is 1. The maximum absolute atomic E-state index is 4.94. The molecule has 1 N–H and O–H groups in total. The van der Waals surface area contributed by atoms with E-state index in [9.17, 15) is 0 Å². The zero-order valence-corrected chi connectivity index (χ0v) is 19.8. The summed E-state index contributed by atoms with van der Waals surface area (Å²) in [4.78, 5) is 4.94. The zero-order valence-electron chi connectivity index (χ0n) is 19.8. The summed E-state index contributed by atoms with van der Waals surface area (Å²) in [7, 11) is 0. The zero-order chi connectivity index (χ0) is 22.6. The molecule has 0 heterocycles. The number of para-hydroxylation sites is 1. The summed E-state index contributed by atoms with van der Waals surface area (Å²) >= 11 is 0. The lowest BCUT2D eigenvalue weighted by atomic mass is 9.94. The molecule has 0 atom stereocenters. The van der Waals surface area contributed by atoms with Gasteiger partial charge >= 0.3 is 0 Å². The number of benzene rings is 3. The molecule has 0 unspecified atom stereocenters. The molecule has 0 aromatic heterocycles. The lowest BCUT2D eigenvalue weighted by molar-refractivity contribution is 0.795. The van der Waals surface area contributed by atoms with Crippen LogP contribution in [0.25, 0.3) is 22.3 Å². The maximum Gasteiger partial charge on any atom is 0.0579 e. The van der Waals surface area contributed by atoms with Crippen molar-refractivity contribution in [2.75, 3.05) is 11.9 Å². The minimum atomic E-state index is 0.913. The molecule has 0 radical (unpaired) electrons. The fraction of sp³-hybridized carbons (Fsp3) is 0.300. The lowest BCUT2D eigenvalue weighted by Crippen LogP contribution is -2.16. The summed E-state index contributed by atoms with van der Waals surface area (Å²) in [5.74, 6) is 0. The smallest absolute Gasteiger partial charge is 0.0579 e. The van der Waals surface area contributed by atoms with Gasteiger partial charge in [0.1, 0.15) is 0 Å². The van der Waals surface area contributed by atoms with Gasteiger partial charge in [0, 0.05) is 17.7 Å². The number of rotatable bonds is 7. The van der Waals surface area contributed by atoms with E-state index in [2.05, 4.69) is 97.2 Å². The Balaban J connectivity index is 0.00000141. The van der Waals surface area contributed by atoms with Crippen molar-refractivity contribution >= 4 is 11.4 Å². The predicted molar refractivity (Wildman–Crippen MR) is 141 cm³/mol. The van der Waals surface area contributed by atoms with E-state index in [1.54, 1.807) is 0 Å². The Bertz CT molecular complexity index is 959. The quantitative estimate of drug-likeness (QED) is 0.377. The van der Waals surface area contributed by atoms with Crippen LogP contribution in [0, 0.1) is 0 Å². The van der Waals surface area contributed by atoms with Gasteiger partial charge in [-0.25, -0.2) is 0 Å². The minimum Gasteiger partial charge on any atom is -0.353 e. The molecule has 0 aliphatic heterocycles.